The summed E-state index contributed by atoms with van der Waals surface area (Å²) >= 11 is 0. The van der Waals surface area contributed by atoms with E-state index in [2.05, 4.69) is 23.7 Å². The lowest BCUT2D eigenvalue weighted by Crippen LogP contribution is -2.39. The summed E-state index contributed by atoms with van der Waals surface area (Å²) in [6, 6.07) is -0.0244. The van der Waals surface area contributed by atoms with Crippen LogP contribution in [0.1, 0.15) is 39.3 Å². The van der Waals surface area contributed by atoms with Crippen LogP contribution in [0.3, 0.4) is 0 Å². The number of hydrogen-bond donors (Lipinski definition) is 1. The summed E-state index contributed by atoms with van der Waals surface area (Å²) in [6.45, 7) is 12.2. The third kappa shape index (κ3) is 4.12. The Morgan fingerprint density at radius 1 is 1.33 bits per heavy atom. The van der Waals surface area contributed by atoms with E-state index in [1.165, 1.54) is 17.8 Å². The predicted molar refractivity (Wildman–Crippen MR) is 85.2 cm³/mol. The number of nitrogens with zero attached hydrogens (tertiary/aromatic N) is 2. The van der Waals surface area contributed by atoms with E-state index in [9.17, 15) is 9.59 Å². The van der Waals surface area contributed by atoms with Gasteiger partial charge in [-0.2, -0.15) is 0 Å². The highest BCUT2D eigenvalue weighted by Crippen LogP contribution is 2.01. The molecule has 0 fully saturated rings. The second-order valence-electron chi connectivity index (χ2n) is 5.53. The lowest BCUT2D eigenvalue weighted by atomic mass is 10.1. The third-order valence-corrected chi connectivity index (χ3v) is 3.19. The maximum Gasteiger partial charge on any atom is 0.331 e. The van der Waals surface area contributed by atoms with Crippen LogP contribution in [-0.4, -0.2) is 15.7 Å². The van der Waals surface area contributed by atoms with E-state index >= 15 is 0 Å². The predicted octanol–water partition coefficient (Wildman–Crippen LogP) is 1.24. The summed E-state index contributed by atoms with van der Waals surface area (Å²) in [6.07, 6.45) is 1.53. The van der Waals surface area contributed by atoms with Crippen LogP contribution >= 0.6 is 0 Å². The van der Waals surface area contributed by atoms with Gasteiger partial charge in [-0.15, -0.1) is 0 Å². The van der Waals surface area contributed by atoms with Crippen molar-refractivity contribution in [2.75, 3.05) is 6.54 Å². The van der Waals surface area contributed by atoms with Gasteiger partial charge in [0.05, 0.1) is 6.54 Å². The first kappa shape index (κ1) is 16.8. The fourth-order valence-corrected chi connectivity index (χ4v) is 1.65. The third-order valence-electron chi connectivity index (χ3n) is 3.19. The van der Waals surface area contributed by atoms with Gasteiger partial charge in [-0.25, -0.2) is 4.79 Å². The number of allylic oxidation sites excluding steroid dienone is 1. The first-order chi connectivity index (χ1) is 9.75. The molecule has 0 spiro atoms. The van der Waals surface area contributed by atoms with E-state index in [0.29, 0.717) is 18.0 Å². The summed E-state index contributed by atoms with van der Waals surface area (Å²) in [5.41, 5.74) is 0.533. The van der Waals surface area contributed by atoms with Crippen LogP contribution in [0.4, 0.5) is 0 Å². The maximum atomic E-state index is 12.0. The summed E-state index contributed by atoms with van der Waals surface area (Å²) in [7, 11) is 1.47. The quantitative estimate of drug-likeness (QED) is 0.849. The Hall–Kier alpha value is -2.22. The molecular weight excluding hydrogens is 266 g/mol. The molecule has 1 aromatic heterocycles. The Kier molecular flexibility index (Phi) is 5.60. The molecule has 0 saturated carbocycles. The Balaban J connectivity index is 3.03. The zero-order valence-electron chi connectivity index (χ0n) is 13.4. The Morgan fingerprint density at radius 2 is 1.95 bits per heavy atom. The van der Waals surface area contributed by atoms with Crippen molar-refractivity contribution in [3.05, 3.63) is 44.9 Å². The summed E-state index contributed by atoms with van der Waals surface area (Å²) in [5, 5.41) is 3.09. The molecule has 0 aliphatic carbocycles. The molecule has 0 radical (unpaired) electrons. The van der Waals surface area contributed by atoms with Gasteiger partial charge in [0, 0.05) is 25.0 Å². The maximum absolute atomic E-state index is 12.0. The molecular formula is C16H23N3O2. The molecule has 0 bridgehead atoms. The normalized spacial score (nSPS) is 10.4. The average molecular weight is 289 g/mol. The lowest BCUT2D eigenvalue weighted by molar-refractivity contribution is 0.531. The number of nitrogens with one attached hydrogen (secondary N) is 1. The van der Waals surface area contributed by atoms with Gasteiger partial charge >= 0.3 is 5.69 Å². The zero-order chi connectivity index (χ0) is 16.2. The van der Waals surface area contributed by atoms with Gasteiger partial charge in [-0.3, -0.25) is 13.9 Å². The van der Waals surface area contributed by atoms with E-state index < -0.39 is 0 Å². The van der Waals surface area contributed by atoms with E-state index in [1.807, 2.05) is 27.7 Å². The molecule has 1 rings (SSSR count). The molecule has 1 N–H and O–H groups in total. The van der Waals surface area contributed by atoms with Gasteiger partial charge < -0.3 is 5.32 Å². The molecule has 0 aliphatic rings. The van der Waals surface area contributed by atoms with Crippen LogP contribution in [0.5, 0.6) is 0 Å². The van der Waals surface area contributed by atoms with Gasteiger partial charge in [0.25, 0.3) is 5.56 Å². The molecule has 5 nitrogen and oxygen atoms in total. The van der Waals surface area contributed by atoms with Gasteiger partial charge in [-0.1, -0.05) is 32.3 Å². The van der Waals surface area contributed by atoms with Crippen molar-refractivity contribution in [1.82, 2.24) is 14.5 Å². The Labute approximate surface area is 125 Å². The fraction of sp³-hybridized carbons (Fsp3) is 0.500. The lowest BCUT2D eigenvalue weighted by Gasteiger charge is -2.11. The Bertz CT molecular complexity index is 697. The van der Waals surface area contributed by atoms with E-state index in [0.717, 1.165) is 10.3 Å². The van der Waals surface area contributed by atoms with Crippen LogP contribution in [0.15, 0.2) is 28.1 Å². The molecule has 0 aliphatic heterocycles. The van der Waals surface area contributed by atoms with Gasteiger partial charge in [-0.05, 0) is 19.8 Å². The van der Waals surface area contributed by atoms with Gasteiger partial charge in [0.1, 0.15) is 5.56 Å². The zero-order valence-corrected chi connectivity index (χ0v) is 13.4. The van der Waals surface area contributed by atoms with Gasteiger partial charge in [0.15, 0.2) is 0 Å². The minimum Gasteiger partial charge on any atom is -0.378 e. The minimum atomic E-state index is -0.368. The van der Waals surface area contributed by atoms with Gasteiger partial charge in [0.2, 0.25) is 0 Å². The SMILES string of the molecule is C=C(NCC#Cc1cn(C(C)C)c(=O)n(C)c1=O)C(C)C. The highest BCUT2D eigenvalue weighted by molar-refractivity contribution is 5.30. The smallest absolute Gasteiger partial charge is 0.331 e. The van der Waals surface area contributed by atoms with Crippen molar-refractivity contribution in [3.63, 3.8) is 0 Å². The Morgan fingerprint density at radius 3 is 2.48 bits per heavy atom. The van der Waals surface area contributed by atoms with Crippen molar-refractivity contribution in [2.45, 2.75) is 33.7 Å². The van der Waals surface area contributed by atoms with Crippen LogP contribution < -0.4 is 16.6 Å². The molecule has 0 unspecified atom stereocenters. The summed E-state index contributed by atoms with van der Waals surface area (Å²) in [5.74, 6) is 6.05. The highest BCUT2D eigenvalue weighted by atomic mass is 16.2. The molecule has 0 amide bonds. The fourth-order valence-electron chi connectivity index (χ4n) is 1.65. The molecule has 5 heteroatoms. The second kappa shape index (κ2) is 6.98. The van der Waals surface area contributed by atoms with E-state index in [1.54, 1.807) is 0 Å². The number of aromatic nitrogens is 2. The molecule has 0 aromatic carbocycles. The largest absolute Gasteiger partial charge is 0.378 e. The van der Waals surface area contributed by atoms with Crippen LogP contribution in [0.2, 0.25) is 0 Å². The average Bonchev–Trinajstić information content (AvgIpc) is 2.42. The molecule has 21 heavy (non-hydrogen) atoms. The van der Waals surface area contributed by atoms with E-state index in [4.69, 9.17) is 0 Å². The first-order valence-corrected chi connectivity index (χ1v) is 6.99. The number of hydrogen-bond acceptors (Lipinski definition) is 3. The number of rotatable bonds is 4. The molecule has 1 aromatic rings. The molecule has 1 heterocycles. The molecule has 114 valence electrons. The standard InChI is InChI=1S/C16H23N3O2/c1-11(2)13(5)17-9-7-8-14-10-19(12(3)4)16(21)18(6)15(14)20/h10-12,17H,5,9H2,1-4,6H3. The van der Waals surface area contributed by atoms with Crippen molar-refractivity contribution in [2.24, 2.45) is 13.0 Å². The topological polar surface area (TPSA) is 56.0 Å². The highest BCUT2D eigenvalue weighted by Gasteiger charge is 2.08. The van der Waals surface area contributed by atoms with Crippen molar-refractivity contribution in [1.29, 1.82) is 0 Å². The second-order valence-corrected chi connectivity index (χ2v) is 5.53. The first-order valence-electron chi connectivity index (χ1n) is 6.99. The summed E-state index contributed by atoms with van der Waals surface area (Å²) in [4.78, 5) is 23.9. The van der Waals surface area contributed by atoms with Crippen molar-refractivity contribution in [3.8, 4) is 11.8 Å². The summed E-state index contributed by atoms with van der Waals surface area (Å²) < 4.78 is 2.59. The van der Waals surface area contributed by atoms with E-state index in [-0.39, 0.29) is 17.3 Å². The van der Waals surface area contributed by atoms with Crippen LogP contribution in [0.25, 0.3) is 0 Å². The van der Waals surface area contributed by atoms with Crippen LogP contribution in [0, 0.1) is 17.8 Å². The monoisotopic (exact) mass is 289 g/mol. The molecule has 0 saturated heterocycles. The van der Waals surface area contributed by atoms with Crippen molar-refractivity contribution < 1.29 is 0 Å². The van der Waals surface area contributed by atoms with Crippen molar-refractivity contribution >= 4 is 0 Å². The minimum absolute atomic E-state index is 0.0244. The molecule has 0 atom stereocenters. The van der Waals surface area contributed by atoms with Crippen LogP contribution in [-0.2, 0) is 7.05 Å².